The van der Waals surface area contributed by atoms with Crippen molar-refractivity contribution in [1.82, 2.24) is 4.90 Å². The van der Waals surface area contributed by atoms with Crippen LogP contribution in [0.25, 0.3) is 0 Å². The highest BCUT2D eigenvalue weighted by atomic mass is 32.2. The van der Waals surface area contributed by atoms with Gasteiger partial charge in [0.2, 0.25) is 12.7 Å². The van der Waals surface area contributed by atoms with Crippen molar-refractivity contribution >= 4 is 39.6 Å². The molecule has 0 spiro atoms. The van der Waals surface area contributed by atoms with Crippen LogP contribution in [0.1, 0.15) is 51.5 Å². The summed E-state index contributed by atoms with van der Waals surface area (Å²) in [5, 5.41) is 0. The quantitative estimate of drug-likeness (QED) is 0.344. The number of nitrogens with two attached hydrogens (primary N) is 1. The molecular weight excluding hydrogens is 537 g/mol. The molecule has 0 radical (unpaired) electrons. The lowest BCUT2D eigenvalue weighted by Crippen LogP contribution is -2.43. The number of cyclic esters (lactones) is 1. The number of anilines is 1. The van der Waals surface area contributed by atoms with Crippen LogP contribution in [0, 0.1) is 11.7 Å². The third-order valence-corrected chi connectivity index (χ3v) is 8.28. The largest absolute Gasteiger partial charge is 0.442 e. The number of carbonyl (C=O) groups excluding carboxylic acids is 4. The number of amides is 3. The topological polar surface area (TPSA) is 163 Å². The van der Waals surface area contributed by atoms with E-state index in [9.17, 15) is 32.0 Å². The van der Waals surface area contributed by atoms with Crippen LogP contribution in [0.15, 0.2) is 18.2 Å². The summed E-state index contributed by atoms with van der Waals surface area (Å²) < 4.78 is 53.3. The zero-order valence-electron chi connectivity index (χ0n) is 22.1. The number of nitrogens with zero attached hydrogens (tertiary/aromatic N) is 2. The minimum absolute atomic E-state index is 0.00216. The first-order valence-corrected chi connectivity index (χ1v) is 14.4. The average Bonchev–Trinajstić information content (AvgIpc) is 3.22. The van der Waals surface area contributed by atoms with Crippen LogP contribution in [0.5, 0.6) is 0 Å². The Morgan fingerprint density at radius 2 is 1.87 bits per heavy atom. The van der Waals surface area contributed by atoms with E-state index in [1.807, 2.05) is 13.8 Å². The SMILES string of the molecule is CC(=O)N(C[C@H]1CN(c2ccc(C3CCS(=O)(=O)CC3)c(F)c2)C(=O)O1)C(=O)OCOC(=O)[C@@H](N)CC(C)C. The summed E-state index contributed by atoms with van der Waals surface area (Å²) >= 11 is 0. The van der Waals surface area contributed by atoms with Crippen LogP contribution in [-0.4, -0.2) is 80.9 Å². The number of hydrogen-bond donors (Lipinski definition) is 1. The molecule has 0 bridgehead atoms. The van der Waals surface area contributed by atoms with Gasteiger partial charge >= 0.3 is 18.2 Å². The van der Waals surface area contributed by atoms with Crippen molar-refractivity contribution in [2.45, 2.75) is 58.1 Å². The Morgan fingerprint density at radius 1 is 1.21 bits per heavy atom. The molecule has 2 N–H and O–H groups in total. The molecular formula is C25H34FN3O9S. The normalized spacial score (nSPS) is 19.9. The molecule has 0 saturated carbocycles. The molecule has 2 fully saturated rings. The van der Waals surface area contributed by atoms with Gasteiger partial charge in [-0.3, -0.25) is 14.5 Å². The minimum atomic E-state index is -3.09. The Balaban J connectivity index is 1.57. The van der Waals surface area contributed by atoms with Crippen molar-refractivity contribution in [3.05, 3.63) is 29.6 Å². The molecule has 2 saturated heterocycles. The van der Waals surface area contributed by atoms with Gasteiger partial charge in [-0.2, -0.15) is 0 Å². The number of esters is 1. The van der Waals surface area contributed by atoms with Gasteiger partial charge in [-0.15, -0.1) is 0 Å². The highest BCUT2D eigenvalue weighted by Crippen LogP contribution is 2.33. The fourth-order valence-electron chi connectivity index (χ4n) is 4.51. The molecule has 39 heavy (non-hydrogen) atoms. The van der Waals surface area contributed by atoms with E-state index in [0.717, 1.165) is 6.92 Å². The van der Waals surface area contributed by atoms with Crippen molar-refractivity contribution in [3.63, 3.8) is 0 Å². The van der Waals surface area contributed by atoms with Gasteiger partial charge in [0.15, 0.2) is 0 Å². The molecule has 1 aromatic carbocycles. The third kappa shape index (κ3) is 8.12. The molecule has 3 rings (SSSR count). The number of ether oxygens (including phenoxy) is 3. The van der Waals surface area contributed by atoms with Gasteiger partial charge in [0.1, 0.15) is 27.8 Å². The van der Waals surface area contributed by atoms with Crippen molar-refractivity contribution in [3.8, 4) is 0 Å². The summed E-state index contributed by atoms with van der Waals surface area (Å²) in [7, 11) is -3.09. The summed E-state index contributed by atoms with van der Waals surface area (Å²) in [5.41, 5.74) is 6.31. The summed E-state index contributed by atoms with van der Waals surface area (Å²) in [6.45, 7) is 3.72. The molecule has 0 unspecified atom stereocenters. The molecule has 0 aromatic heterocycles. The Kier molecular flexibility index (Phi) is 9.88. The number of benzene rings is 1. The van der Waals surface area contributed by atoms with Gasteiger partial charge in [0.25, 0.3) is 0 Å². The predicted molar refractivity (Wildman–Crippen MR) is 137 cm³/mol. The second-order valence-corrected chi connectivity index (χ2v) is 12.4. The van der Waals surface area contributed by atoms with E-state index >= 15 is 0 Å². The first-order valence-electron chi connectivity index (χ1n) is 12.6. The van der Waals surface area contributed by atoms with Crippen LogP contribution in [-0.2, 0) is 33.6 Å². The predicted octanol–water partition coefficient (Wildman–Crippen LogP) is 2.30. The smallest absolute Gasteiger partial charge is 0.419 e. The molecule has 216 valence electrons. The van der Waals surface area contributed by atoms with Crippen LogP contribution in [0.2, 0.25) is 0 Å². The highest BCUT2D eigenvalue weighted by molar-refractivity contribution is 7.91. The molecule has 0 aliphatic carbocycles. The van der Waals surface area contributed by atoms with Gasteiger partial charge in [0, 0.05) is 6.92 Å². The summed E-state index contributed by atoms with van der Waals surface area (Å²) in [6, 6.07) is 3.37. The van der Waals surface area contributed by atoms with Crippen LogP contribution in [0.4, 0.5) is 19.7 Å². The fraction of sp³-hybridized carbons (Fsp3) is 0.600. The monoisotopic (exact) mass is 571 g/mol. The molecule has 12 nitrogen and oxygen atoms in total. The summed E-state index contributed by atoms with van der Waals surface area (Å²) in [6.07, 6.45) is -1.79. The van der Waals surface area contributed by atoms with E-state index < -0.39 is 58.7 Å². The average molecular weight is 572 g/mol. The molecule has 1 aromatic rings. The maximum atomic E-state index is 14.9. The van der Waals surface area contributed by atoms with E-state index in [0.29, 0.717) is 29.7 Å². The van der Waals surface area contributed by atoms with Crippen molar-refractivity contribution < 1.29 is 46.2 Å². The third-order valence-electron chi connectivity index (χ3n) is 6.56. The van der Waals surface area contributed by atoms with Gasteiger partial charge < -0.3 is 19.9 Å². The summed E-state index contributed by atoms with van der Waals surface area (Å²) in [4.78, 5) is 50.7. The van der Waals surface area contributed by atoms with Crippen molar-refractivity contribution in [2.24, 2.45) is 11.7 Å². The Labute approximate surface area is 226 Å². The van der Waals surface area contributed by atoms with Crippen LogP contribution in [0.3, 0.4) is 0 Å². The first-order chi connectivity index (χ1) is 18.3. The molecule has 2 aliphatic heterocycles. The Morgan fingerprint density at radius 3 is 2.46 bits per heavy atom. The number of carbonyl (C=O) groups is 4. The van der Waals surface area contributed by atoms with Crippen molar-refractivity contribution in [1.29, 1.82) is 0 Å². The van der Waals surface area contributed by atoms with E-state index in [4.69, 9.17) is 19.9 Å². The van der Waals surface area contributed by atoms with Crippen molar-refractivity contribution in [2.75, 3.05) is 36.3 Å². The lowest BCUT2D eigenvalue weighted by Gasteiger charge is -2.23. The number of sulfone groups is 1. The lowest BCUT2D eigenvalue weighted by molar-refractivity contribution is -0.154. The molecule has 3 amide bonds. The van der Waals surface area contributed by atoms with Gasteiger partial charge in [0.05, 0.1) is 30.3 Å². The van der Waals surface area contributed by atoms with Gasteiger partial charge in [-0.1, -0.05) is 19.9 Å². The highest BCUT2D eigenvalue weighted by Gasteiger charge is 2.37. The number of halogens is 1. The molecule has 2 heterocycles. The molecule has 2 atom stereocenters. The number of imide groups is 1. The van der Waals surface area contributed by atoms with Crippen LogP contribution < -0.4 is 10.6 Å². The zero-order chi connectivity index (χ0) is 28.9. The zero-order valence-corrected chi connectivity index (χ0v) is 22.9. The second kappa shape index (κ2) is 12.7. The van der Waals surface area contributed by atoms with Gasteiger partial charge in [-0.25, -0.2) is 27.3 Å². The number of hydrogen-bond acceptors (Lipinski definition) is 10. The molecule has 14 heteroatoms. The van der Waals surface area contributed by atoms with Crippen LogP contribution >= 0.6 is 0 Å². The second-order valence-electron chi connectivity index (χ2n) is 10.1. The Bertz CT molecular complexity index is 1190. The fourth-order valence-corrected chi connectivity index (χ4v) is 6.00. The maximum Gasteiger partial charge on any atom is 0.419 e. The standard InChI is InChI=1S/C25H34FN3O9S/c1-15(2)10-22(27)23(31)36-14-37-24(32)28(16(3)30)12-19-13-29(25(33)38-19)18-4-5-20(21(26)11-18)17-6-8-39(34,35)9-7-17/h4-5,11,15,17,19,22H,6-10,12-14,27H2,1-3H3/t19-,22-/m0/s1. The molecule has 2 aliphatic rings. The Hall–Kier alpha value is -3.26. The van der Waals surface area contributed by atoms with E-state index in [2.05, 4.69) is 0 Å². The van der Waals surface area contributed by atoms with E-state index in [1.165, 1.54) is 17.0 Å². The first kappa shape index (κ1) is 30.3. The maximum absolute atomic E-state index is 14.9. The number of rotatable bonds is 9. The van der Waals surface area contributed by atoms with E-state index in [-0.39, 0.29) is 42.1 Å². The van der Waals surface area contributed by atoms with E-state index in [1.54, 1.807) is 6.07 Å². The minimum Gasteiger partial charge on any atom is -0.442 e. The van der Waals surface area contributed by atoms with Gasteiger partial charge in [-0.05, 0) is 48.8 Å². The summed E-state index contributed by atoms with van der Waals surface area (Å²) in [5.74, 6) is -2.08. The lowest BCUT2D eigenvalue weighted by atomic mass is 9.93.